The van der Waals surface area contributed by atoms with Gasteiger partial charge in [-0.15, -0.1) is 11.3 Å². The van der Waals surface area contributed by atoms with Crippen LogP contribution >= 0.6 is 11.3 Å². The van der Waals surface area contributed by atoms with Gasteiger partial charge in [0.2, 0.25) is 0 Å². The van der Waals surface area contributed by atoms with E-state index in [4.69, 9.17) is 4.42 Å². The molecule has 0 N–H and O–H groups in total. The first-order chi connectivity index (χ1) is 25.3. The molecular formula is C48H29NOS. The summed E-state index contributed by atoms with van der Waals surface area (Å²) in [6.45, 7) is 0. The second-order valence-corrected chi connectivity index (χ2v) is 14.4. The van der Waals surface area contributed by atoms with Crippen LogP contribution in [0.3, 0.4) is 0 Å². The minimum atomic E-state index is 0.915. The van der Waals surface area contributed by atoms with E-state index in [1.54, 1.807) is 0 Å². The van der Waals surface area contributed by atoms with E-state index in [0.29, 0.717) is 0 Å². The first-order valence-corrected chi connectivity index (χ1v) is 18.1. The molecule has 0 bridgehead atoms. The monoisotopic (exact) mass is 667 g/mol. The number of para-hydroxylation sites is 2. The molecule has 0 atom stereocenters. The Labute approximate surface area is 298 Å². The van der Waals surface area contributed by atoms with Gasteiger partial charge in [-0.25, -0.2) is 0 Å². The van der Waals surface area contributed by atoms with Crippen molar-refractivity contribution in [2.45, 2.75) is 0 Å². The van der Waals surface area contributed by atoms with Gasteiger partial charge >= 0.3 is 0 Å². The predicted octanol–water partition coefficient (Wildman–Crippen LogP) is 14.6. The average Bonchev–Trinajstić information content (AvgIpc) is 3.76. The van der Waals surface area contributed by atoms with E-state index in [2.05, 4.69) is 175 Å². The van der Waals surface area contributed by atoms with E-state index in [-0.39, 0.29) is 0 Å². The summed E-state index contributed by atoms with van der Waals surface area (Å²) < 4.78 is 9.15. The first-order valence-electron chi connectivity index (χ1n) is 17.3. The molecule has 0 aliphatic heterocycles. The van der Waals surface area contributed by atoms with Crippen LogP contribution < -0.4 is 4.90 Å². The highest BCUT2D eigenvalue weighted by atomic mass is 32.1. The smallest absolute Gasteiger partial charge is 0.143 e. The molecule has 9 aromatic carbocycles. The largest absolute Gasteiger partial charge is 0.455 e. The molecule has 2 heterocycles. The number of fused-ring (bicyclic) bond motifs is 10. The maximum Gasteiger partial charge on any atom is 0.143 e. The van der Waals surface area contributed by atoms with Crippen molar-refractivity contribution < 1.29 is 4.42 Å². The SMILES string of the molecule is c1ccc2cc(N(c3ccc4ccccc4c3)c3ccc4sc5c6ccccc6c(-c6cccc7c6oc6ccccc67)cc5c4c3)ccc2c1. The fourth-order valence-corrected chi connectivity index (χ4v) is 9.19. The molecule has 2 aromatic heterocycles. The molecule has 0 amide bonds. The lowest BCUT2D eigenvalue weighted by molar-refractivity contribution is 0.670. The number of benzene rings is 9. The van der Waals surface area contributed by atoms with Gasteiger partial charge in [0.05, 0.1) is 0 Å². The Morgan fingerprint density at radius 1 is 0.373 bits per heavy atom. The zero-order valence-corrected chi connectivity index (χ0v) is 28.3. The van der Waals surface area contributed by atoms with Crippen LogP contribution in [0.1, 0.15) is 0 Å². The van der Waals surface area contributed by atoms with Crippen molar-refractivity contribution in [1.82, 2.24) is 0 Å². The lowest BCUT2D eigenvalue weighted by Gasteiger charge is -2.26. The van der Waals surface area contributed by atoms with E-state index in [0.717, 1.165) is 44.6 Å². The third kappa shape index (κ3) is 4.42. The zero-order valence-electron chi connectivity index (χ0n) is 27.5. The number of rotatable bonds is 4. The Morgan fingerprint density at radius 3 is 1.71 bits per heavy atom. The van der Waals surface area contributed by atoms with Gasteiger partial charge in [-0.05, 0) is 87.1 Å². The molecule has 0 fully saturated rings. The molecule has 0 unspecified atom stereocenters. The molecule has 2 nitrogen and oxygen atoms in total. The molecule has 11 rings (SSSR count). The van der Waals surface area contributed by atoms with Gasteiger partial charge in [0.15, 0.2) is 0 Å². The molecule has 0 spiro atoms. The molecule has 0 radical (unpaired) electrons. The maximum absolute atomic E-state index is 6.57. The molecule has 0 saturated heterocycles. The molecule has 0 aliphatic carbocycles. The van der Waals surface area contributed by atoms with E-state index < -0.39 is 0 Å². The van der Waals surface area contributed by atoms with E-state index in [1.165, 1.54) is 58.1 Å². The van der Waals surface area contributed by atoms with E-state index >= 15 is 0 Å². The highest BCUT2D eigenvalue weighted by Crippen LogP contribution is 2.47. The van der Waals surface area contributed by atoms with Gasteiger partial charge in [0.25, 0.3) is 0 Å². The molecule has 11 aromatic rings. The maximum atomic E-state index is 6.57. The van der Waals surface area contributed by atoms with Crippen LogP contribution in [-0.4, -0.2) is 0 Å². The zero-order chi connectivity index (χ0) is 33.5. The molecule has 238 valence electrons. The molecule has 3 heteroatoms. The number of nitrogens with zero attached hydrogens (tertiary/aromatic N) is 1. The second-order valence-electron chi connectivity index (χ2n) is 13.3. The highest BCUT2D eigenvalue weighted by Gasteiger charge is 2.20. The Kier molecular flexibility index (Phi) is 6.16. The number of anilines is 3. The standard InChI is InChI=1S/C48H29NOS/c1-3-12-32-26-34(22-20-30(32)10-1)49(35-23-21-31-11-2-4-13-33(31)27-35)36-24-25-46-43(28-36)44-29-42(37-14-5-6-16-41(37)48(44)51-46)40-18-9-17-39-38-15-7-8-19-45(38)50-47(39)40/h1-29H. The Balaban J connectivity index is 1.17. The van der Waals surface area contributed by atoms with Crippen LogP contribution in [0, 0.1) is 0 Å². The van der Waals surface area contributed by atoms with Crippen LogP contribution in [0.4, 0.5) is 17.1 Å². The van der Waals surface area contributed by atoms with Gasteiger partial charge in [0, 0.05) is 59.0 Å². The highest BCUT2D eigenvalue weighted by molar-refractivity contribution is 7.26. The summed E-state index contributed by atoms with van der Waals surface area (Å²) in [6, 6.07) is 63.8. The van der Waals surface area contributed by atoms with Crippen molar-refractivity contribution in [3.05, 3.63) is 176 Å². The molecular weight excluding hydrogens is 639 g/mol. The summed E-state index contributed by atoms with van der Waals surface area (Å²) in [4.78, 5) is 2.40. The second kappa shape index (κ2) is 11.0. The Hall–Kier alpha value is -6.42. The van der Waals surface area contributed by atoms with Crippen molar-refractivity contribution in [2.75, 3.05) is 4.90 Å². The summed E-state index contributed by atoms with van der Waals surface area (Å²) in [5, 5.41) is 12.2. The molecule has 0 saturated carbocycles. The summed E-state index contributed by atoms with van der Waals surface area (Å²) in [6.07, 6.45) is 0. The number of furan rings is 1. The lowest BCUT2D eigenvalue weighted by Crippen LogP contribution is -2.09. The minimum Gasteiger partial charge on any atom is -0.455 e. The minimum absolute atomic E-state index is 0.915. The predicted molar refractivity (Wildman–Crippen MR) is 219 cm³/mol. The number of hydrogen-bond acceptors (Lipinski definition) is 3. The summed E-state index contributed by atoms with van der Waals surface area (Å²) in [5.74, 6) is 0. The van der Waals surface area contributed by atoms with Crippen molar-refractivity contribution >= 4 is 103 Å². The normalized spacial score (nSPS) is 11.9. The summed E-state index contributed by atoms with van der Waals surface area (Å²) in [7, 11) is 0. The summed E-state index contributed by atoms with van der Waals surface area (Å²) in [5.41, 5.74) is 7.54. The van der Waals surface area contributed by atoms with Gasteiger partial charge in [0.1, 0.15) is 11.2 Å². The van der Waals surface area contributed by atoms with Gasteiger partial charge in [-0.1, -0.05) is 121 Å². The Bertz CT molecular complexity index is 3090. The average molecular weight is 668 g/mol. The van der Waals surface area contributed by atoms with E-state index in [1.807, 2.05) is 17.4 Å². The number of hydrogen-bond donors (Lipinski definition) is 0. The van der Waals surface area contributed by atoms with Crippen LogP contribution in [-0.2, 0) is 0 Å². The Morgan fingerprint density at radius 2 is 0.961 bits per heavy atom. The topological polar surface area (TPSA) is 16.4 Å². The van der Waals surface area contributed by atoms with Gasteiger partial charge in [-0.3, -0.25) is 0 Å². The van der Waals surface area contributed by atoms with Crippen LogP contribution in [0.5, 0.6) is 0 Å². The quantitative estimate of drug-likeness (QED) is 0.186. The summed E-state index contributed by atoms with van der Waals surface area (Å²) >= 11 is 1.88. The number of thiophene rings is 1. The van der Waals surface area contributed by atoms with Crippen molar-refractivity contribution in [1.29, 1.82) is 0 Å². The van der Waals surface area contributed by atoms with Gasteiger partial charge < -0.3 is 9.32 Å². The van der Waals surface area contributed by atoms with E-state index in [9.17, 15) is 0 Å². The van der Waals surface area contributed by atoms with Crippen LogP contribution in [0.15, 0.2) is 180 Å². The van der Waals surface area contributed by atoms with Gasteiger partial charge in [-0.2, -0.15) is 0 Å². The molecule has 51 heavy (non-hydrogen) atoms. The van der Waals surface area contributed by atoms with Crippen LogP contribution in [0.2, 0.25) is 0 Å². The third-order valence-electron chi connectivity index (χ3n) is 10.4. The van der Waals surface area contributed by atoms with Crippen LogP contribution in [0.25, 0.3) is 85.6 Å². The van der Waals surface area contributed by atoms with Crippen molar-refractivity contribution in [3.63, 3.8) is 0 Å². The lowest BCUT2D eigenvalue weighted by atomic mass is 9.94. The van der Waals surface area contributed by atoms with Crippen molar-refractivity contribution in [2.24, 2.45) is 0 Å². The first kappa shape index (κ1) is 28.4. The fourth-order valence-electron chi connectivity index (χ4n) is 7.99. The fraction of sp³-hybridized carbons (Fsp3) is 0. The van der Waals surface area contributed by atoms with Crippen molar-refractivity contribution in [3.8, 4) is 11.1 Å². The molecule has 0 aliphatic rings. The third-order valence-corrected chi connectivity index (χ3v) is 11.6.